The van der Waals surface area contributed by atoms with Gasteiger partial charge in [0, 0.05) is 13.2 Å². The van der Waals surface area contributed by atoms with Gasteiger partial charge in [0.05, 0.1) is 18.1 Å². The van der Waals surface area contributed by atoms with Gasteiger partial charge >= 0.3 is 0 Å². The summed E-state index contributed by atoms with van der Waals surface area (Å²) in [5.41, 5.74) is 7.87. The molecule has 0 aliphatic rings. The van der Waals surface area contributed by atoms with E-state index in [1.54, 1.807) is 6.33 Å². The lowest BCUT2D eigenvalue weighted by Crippen LogP contribution is -2.30. The molecule has 0 amide bonds. The maximum absolute atomic E-state index is 5.66. The number of benzene rings is 1. The number of imidazole rings is 1. The van der Waals surface area contributed by atoms with Crippen molar-refractivity contribution in [3.8, 4) is 0 Å². The van der Waals surface area contributed by atoms with Crippen LogP contribution in [0.25, 0.3) is 0 Å². The highest BCUT2D eigenvalue weighted by atomic mass is 15.2. The number of nitrogens with zero attached hydrogens (tertiary/aromatic N) is 2. The van der Waals surface area contributed by atoms with E-state index in [1.165, 1.54) is 16.7 Å². The molecule has 18 heavy (non-hydrogen) atoms. The van der Waals surface area contributed by atoms with Crippen LogP contribution in [-0.4, -0.2) is 9.55 Å². The SMILES string of the molecule is Cc1ccc(CC(NN)c2cncn2C)cc1C. The van der Waals surface area contributed by atoms with E-state index in [-0.39, 0.29) is 6.04 Å². The molecule has 0 bridgehead atoms. The molecule has 1 unspecified atom stereocenters. The topological polar surface area (TPSA) is 55.9 Å². The third-order valence-electron chi connectivity index (χ3n) is 3.42. The zero-order valence-corrected chi connectivity index (χ0v) is 11.1. The molecular weight excluding hydrogens is 224 g/mol. The molecule has 2 rings (SSSR count). The summed E-state index contributed by atoms with van der Waals surface area (Å²) in [4.78, 5) is 4.13. The quantitative estimate of drug-likeness (QED) is 0.637. The Balaban J connectivity index is 2.20. The van der Waals surface area contributed by atoms with Crippen molar-refractivity contribution in [2.24, 2.45) is 12.9 Å². The molecule has 0 fully saturated rings. The Hall–Kier alpha value is -1.65. The Labute approximate surface area is 108 Å². The molecule has 3 N–H and O–H groups in total. The zero-order chi connectivity index (χ0) is 13.1. The lowest BCUT2D eigenvalue weighted by atomic mass is 10.00. The number of nitrogens with two attached hydrogens (primary N) is 1. The largest absolute Gasteiger partial charge is 0.336 e. The number of hydrogen-bond acceptors (Lipinski definition) is 3. The van der Waals surface area contributed by atoms with Gasteiger partial charge in [0.25, 0.3) is 0 Å². The van der Waals surface area contributed by atoms with Crippen LogP contribution in [0.15, 0.2) is 30.7 Å². The van der Waals surface area contributed by atoms with E-state index >= 15 is 0 Å². The summed E-state index contributed by atoms with van der Waals surface area (Å²) < 4.78 is 1.99. The molecule has 0 aliphatic heterocycles. The van der Waals surface area contributed by atoms with Gasteiger partial charge in [-0.2, -0.15) is 0 Å². The van der Waals surface area contributed by atoms with Gasteiger partial charge in [-0.3, -0.25) is 11.3 Å². The minimum absolute atomic E-state index is 0.0830. The molecule has 0 aliphatic carbocycles. The van der Waals surface area contributed by atoms with Crippen molar-refractivity contribution in [2.45, 2.75) is 26.3 Å². The molecule has 0 saturated heterocycles. The Morgan fingerprint density at radius 2 is 2.11 bits per heavy atom. The summed E-state index contributed by atoms with van der Waals surface area (Å²) in [6.45, 7) is 4.26. The van der Waals surface area contributed by atoms with Gasteiger partial charge in [-0.05, 0) is 37.0 Å². The summed E-state index contributed by atoms with van der Waals surface area (Å²) in [6, 6.07) is 6.61. The Kier molecular flexibility index (Phi) is 3.79. The molecule has 1 heterocycles. The first-order valence-electron chi connectivity index (χ1n) is 6.10. The van der Waals surface area contributed by atoms with E-state index in [2.05, 4.69) is 42.5 Å². The zero-order valence-electron chi connectivity index (χ0n) is 11.1. The van der Waals surface area contributed by atoms with Gasteiger partial charge in [0.15, 0.2) is 0 Å². The monoisotopic (exact) mass is 244 g/mol. The second kappa shape index (κ2) is 5.33. The molecule has 0 spiro atoms. The number of rotatable bonds is 4. The molecule has 96 valence electrons. The van der Waals surface area contributed by atoms with Gasteiger partial charge in [-0.1, -0.05) is 18.2 Å². The molecule has 1 aromatic carbocycles. The van der Waals surface area contributed by atoms with Crippen molar-refractivity contribution >= 4 is 0 Å². The maximum atomic E-state index is 5.66. The lowest BCUT2D eigenvalue weighted by Gasteiger charge is -2.17. The first-order chi connectivity index (χ1) is 8.61. The van der Waals surface area contributed by atoms with Gasteiger partial charge in [0.1, 0.15) is 0 Å². The minimum Gasteiger partial charge on any atom is -0.336 e. The average Bonchev–Trinajstić information content (AvgIpc) is 2.77. The summed E-state index contributed by atoms with van der Waals surface area (Å²) >= 11 is 0. The molecule has 0 radical (unpaired) electrons. The van der Waals surface area contributed by atoms with Crippen LogP contribution >= 0.6 is 0 Å². The standard InChI is InChI=1S/C14H20N4/c1-10-4-5-12(6-11(10)2)7-13(17-15)14-8-16-9-18(14)3/h4-6,8-9,13,17H,7,15H2,1-3H3. The highest BCUT2D eigenvalue weighted by Gasteiger charge is 2.14. The second-order valence-corrected chi connectivity index (χ2v) is 4.77. The Morgan fingerprint density at radius 3 is 2.67 bits per heavy atom. The second-order valence-electron chi connectivity index (χ2n) is 4.77. The van der Waals surface area contributed by atoms with Crippen molar-refractivity contribution in [2.75, 3.05) is 0 Å². The molecule has 2 aromatic rings. The molecule has 4 nitrogen and oxygen atoms in total. The summed E-state index contributed by atoms with van der Waals surface area (Å²) in [5.74, 6) is 5.66. The highest BCUT2D eigenvalue weighted by molar-refractivity contribution is 5.31. The fraction of sp³-hybridized carbons (Fsp3) is 0.357. The molecule has 0 saturated carbocycles. The average molecular weight is 244 g/mol. The fourth-order valence-corrected chi connectivity index (χ4v) is 2.12. The van der Waals surface area contributed by atoms with Crippen LogP contribution in [-0.2, 0) is 13.5 Å². The normalized spacial score (nSPS) is 12.7. The van der Waals surface area contributed by atoms with Crippen molar-refractivity contribution < 1.29 is 0 Å². The number of aromatic nitrogens is 2. The number of nitrogens with one attached hydrogen (secondary N) is 1. The van der Waals surface area contributed by atoms with Crippen molar-refractivity contribution in [3.63, 3.8) is 0 Å². The third-order valence-corrected chi connectivity index (χ3v) is 3.42. The van der Waals surface area contributed by atoms with Crippen LogP contribution < -0.4 is 11.3 Å². The summed E-state index contributed by atoms with van der Waals surface area (Å²) in [6.07, 6.45) is 4.50. The van der Waals surface area contributed by atoms with Crippen LogP contribution in [0.5, 0.6) is 0 Å². The van der Waals surface area contributed by atoms with E-state index in [0.29, 0.717) is 0 Å². The number of hydrazine groups is 1. The number of hydrogen-bond donors (Lipinski definition) is 2. The lowest BCUT2D eigenvalue weighted by molar-refractivity contribution is 0.521. The fourth-order valence-electron chi connectivity index (χ4n) is 2.12. The van der Waals surface area contributed by atoms with E-state index in [9.17, 15) is 0 Å². The smallest absolute Gasteiger partial charge is 0.0946 e. The van der Waals surface area contributed by atoms with E-state index in [4.69, 9.17) is 5.84 Å². The van der Waals surface area contributed by atoms with Crippen LogP contribution in [0.1, 0.15) is 28.4 Å². The predicted octanol–water partition coefficient (Wildman–Crippen LogP) is 1.78. The molecule has 1 aromatic heterocycles. The summed E-state index contributed by atoms with van der Waals surface area (Å²) in [5, 5.41) is 0. The predicted molar refractivity (Wildman–Crippen MR) is 72.9 cm³/mol. The van der Waals surface area contributed by atoms with Gasteiger partial charge in [0.2, 0.25) is 0 Å². The van der Waals surface area contributed by atoms with Crippen LogP contribution in [0.3, 0.4) is 0 Å². The molecule has 1 atom stereocenters. The first-order valence-corrected chi connectivity index (χ1v) is 6.10. The third kappa shape index (κ3) is 2.60. The van der Waals surface area contributed by atoms with E-state index in [0.717, 1.165) is 12.1 Å². The van der Waals surface area contributed by atoms with Crippen LogP contribution in [0, 0.1) is 13.8 Å². The number of aryl methyl sites for hydroxylation is 3. The Bertz CT molecular complexity index is 530. The highest BCUT2D eigenvalue weighted by Crippen LogP contribution is 2.18. The minimum atomic E-state index is 0.0830. The summed E-state index contributed by atoms with van der Waals surface area (Å²) in [7, 11) is 1.98. The van der Waals surface area contributed by atoms with Crippen molar-refractivity contribution in [1.82, 2.24) is 15.0 Å². The van der Waals surface area contributed by atoms with Gasteiger partial charge in [-0.15, -0.1) is 0 Å². The van der Waals surface area contributed by atoms with E-state index in [1.807, 2.05) is 17.8 Å². The van der Waals surface area contributed by atoms with Crippen LogP contribution in [0.4, 0.5) is 0 Å². The van der Waals surface area contributed by atoms with Gasteiger partial charge in [-0.25, -0.2) is 4.98 Å². The maximum Gasteiger partial charge on any atom is 0.0946 e. The Morgan fingerprint density at radius 1 is 1.33 bits per heavy atom. The van der Waals surface area contributed by atoms with E-state index < -0.39 is 0 Å². The van der Waals surface area contributed by atoms with Crippen molar-refractivity contribution in [3.05, 3.63) is 53.1 Å². The first kappa shape index (κ1) is 12.8. The van der Waals surface area contributed by atoms with Gasteiger partial charge < -0.3 is 4.57 Å². The van der Waals surface area contributed by atoms with Crippen molar-refractivity contribution in [1.29, 1.82) is 0 Å². The van der Waals surface area contributed by atoms with Crippen LogP contribution in [0.2, 0.25) is 0 Å². The molecule has 4 heteroatoms. The molecular formula is C14H20N4.